The van der Waals surface area contributed by atoms with Gasteiger partial charge in [0.15, 0.2) is 0 Å². The van der Waals surface area contributed by atoms with Gasteiger partial charge in [-0.2, -0.15) is 4.31 Å². The number of likely N-dealkylation sites (N-methyl/N-ethyl adjacent to an activating group) is 1. The predicted molar refractivity (Wildman–Crippen MR) is 105 cm³/mol. The molecule has 1 fully saturated rings. The highest BCUT2D eigenvalue weighted by Crippen LogP contribution is 2.33. The molecule has 0 radical (unpaired) electrons. The third-order valence-corrected chi connectivity index (χ3v) is 7.13. The van der Waals surface area contributed by atoms with Crippen molar-refractivity contribution < 1.29 is 17.9 Å². The smallest absolute Gasteiger partial charge is 0.243 e. The third-order valence-electron chi connectivity index (χ3n) is 5.11. The molecule has 1 saturated heterocycles. The Morgan fingerprint density at radius 2 is 1.78 bits per heavy atom. The summed E-state index contributed by atoms with van der Waals surface area (Å²) in [5.41, 5.74) is 1.68. The molecule has 1 unspecified atom stereocenters. The number of hydrogen-bond donors (Lipinski definition) is 0. The first-order valence-corrected chi connectivity index (χ1v) is 10.3. The number of aryl methyl sites for hydroxylation is 1. The van der Waals surface area contributed by atoms with Gasteiger partial charge in [-0.1, -0.05) is 18.2 Å². The lowest BCUT2D eigenvalue weighted by Gasteiger charge is -2.39. The van der Waals surface area contributed by atoms with E-state index < -0.39 is 10.0 Å². The van der Waals surface area contributed by atoms with Crippen molar-refractivity contribution in [2.45, 2.75) is 17.9 Å². The van der Waals surface area contributed by atoms with Gasteiger partial charge in [-0.3, -0.25) is 4.90 Å². The minimum Gasteiger partial charge on any atom is -0.497 e. The summed E-state index contributed by atoms with van der Waals surface area (Å²) in [5.74, 6) is 1.42. The maximum absolute atomic E-state index is 13.3. The number of piperazine rings is 1. The fourth-order valence-corrected chi connectivity index (χ4v) is 5.17. The Morgan fingerprint density at radius 1 is 1.04 bits per heavy atom. The summed E-state index contributed by atoms with van der Waals surface area (Å²) in [6.07, 6.45) is 0. The van der Waals surface area contributed by atoms with Gasteiger partial charge in [-0.25, -0.2) is 8.42 Å². The van der Waals surface area contributed by atoms with E-state index in [0.29, 0.717) is 35.8 Å². The first-order valence-electron chi connectivity index (χ1n) is 8.86. The van der Waals surface area contributed by atoms with Crippen LogP contribution in [0.15, 0.2) is 47.4 Å². The minimum absolute atomic E-state index is 0.0665. The zero-order valence-electron chi connectivity index (χ0n) is 16.2. The van der Waals surface area contributed by atoms with Crippen molar-refractivity contribution in [2.24, 2.45) is 0 Å². The van der Waals surface area contributed by atoms with Crippen molar-refractivity contribution in [1.29, 1.82) is 0 Å². The predicted octanol–water partition coefficient (Wildman–Crippen LogP) is 2.69. The van der Waals surface area contributed by atoms with Crippen LogP contribution >= 0.6 is 0 Å². The summed E-state index contributed by atoms with van der Waals surface area (Å²) in [5, 5.41) is 0. The van der Waals surface area contributed by atoms with Gasteiger partial charge in [0.1, 0.15) is 11.5 Å². The van der Waals surface area contributed by atoms with E-state index in [9.17, 15) is 8.42 Å². The van der Waals surface area contributed by atoms with E-state index in [2.05, 4.69) is 4.90 Å². The van der Waals surface area contributed by atoms with Crippen molar-refractivity contribution in [3.63, 3.8) is 0 Å². The zero-order chi connectivity index (χ0) is 19.6. The summed E-state index contributed by atoms with van der Waals surface area (Å²) < 4.78 is 38.8. The van der Waals surface area contributed by atoms with Crippen LogP contribution in [0.1, 0.15) is 17.2 Å². The van der Waals surface area contributed by atoms with Gasteiger partial charge in [-0.15, -0.1) is 0 Å². The average Bonchev–Trinajstić information content (AvgIpc) is 2.67. The van der Waals surface area contributed by atoms with Crippen LogP contribution in [0, 0.1) is 6.92 Å². The Hall–Kier alpha value is -2.09. The van der Waals surface area contributed by atoms with Gasteiger partial charge in [0, 0.05) is 25.2 Å². The molecule has 27 heavy (non-hydrogen) atoms. The Morgan fingerprint density at radius 3 is 2.44 bits per heavy atom. The second kappa shape index (κ2) is 7.88. The maximum Gasteiger partial charge on any atom is 0.243 e. The van der Waals surface area contributed by atoms with E-state index in [-0.39, 0.29) is 6.04 Å². The lowest BCUT2D eigenvalue weighted by molar-refractivity contribution is 0.146. The molecule has 2 aromatic carbocycles. The quantitative estimate of drug-likeness (QED) is 0.786. The Labute approximate surface area is 161 Å². The molecule has 1 atom stereocenters. The van der Waals surface area contributed by atoms with E-state index in [1.807, 2.05) is 31.3 Å². The molecule has 0 aromatic heterocycles. The first kappa shape index (κ1) is 19.7. The van der Waals surface area contributed by atoms with Crippen molar-refractivity contribution in [1.82, 2.24) is 9.21 Å². The normalized spacial score (nSPS) is 19.0. The number of benzene rings is 2. The Balaban J connectivity index is 1.93. The van der Waals surface area contributed by atoms with Gasteiger partial charge >= 0.3 is 0 Å². The van der Waals surface area contributed by atoms with Crippen LogP contribution in [-0.2, 0) is 10.0 Å². The van der Waals surface area contributed by atoms with Crippen molar-refractivity contribution in [3.8, 4) is 11.5 Å². The summed E-state index contributed by atoms with van der Waals surface area (Å²) in [6.45, 7) is 3.28. The summed E-state index contributed by atoms with van der Waals surface area (Å²) in [7, 11) is 1.63. The topological polar surface area (TPSA) is 59.1 Å². The fraction of sp³-hybridized carbons (Fsp3) is 0.400. The third kappa shape index (κ3) is 3.81. The SMILES string of the molecule is COc1ccc(S(=O)(=O)N2CCN(C)C(c3ccccc3OC)C2)c(C)c1. The number of sulfonamides is 1. The monoisotopic (exact) mass is 390 g/mol. The first-order chi connectivity index (χ1) is 12.9. The highest BCUT2D eigenvalue weighted by Gasteiger charge is 2.35. The maximum atomic E-state index is 13.3. The van der Waals surface area contributed by atoms with Crippen molar-refractivity contribution in [3.05, 3.63) is 53.6 Å². The Kier molecular flexibility index (Phi) is 5.74. The number of hydrogen-bond acceptors (Lipinski definition) is 5. The summed E-state index contributed by atoms with van der Waals surface area (Å²) in [4.78, 5) is 2.50. The van der Waals surface area contributed by atoms with E-state index >= 15 is 0 Å². The fourth-order valence-electron chi connectivity index (χ4n) is 3.52. The van der Waals surface area contributed by atoms with Gasteiger partial charge in [0.05, 0.1) is 25.2 Å². The second-order valence-corrected chi connectivity index (χ2v) is 8.64. The molecule has 3 rings (SSSR count). The van der Waals surface area contributed by atoms with Crippen molar-refractivity contribution >= 4 is 10.0 Å². The molecule has 1 aliphatic rings. The van der Waals surface area contributed by atoms with Crippen LogP contribution in [0.25, 0.3) is 0 Å². The van der Waals surface area contributed by atoms with Crippen LogP contribution in [-0.4, -0.2) is 58.5 Å². The molecule has 0 spiro atoms. The van der Waals surface area contributed by atoms with Crippen LogP contribution in [0.3, 0.4) is 0 Å². The van der Waals surface area contributed by atoms with Crippen LogP contribution in [0.2, 0.25) is 0 Å². The largest absolute Gasteiger partial charge is 0.497 e. The number of methoxy groups -OCH3 is 2. The second-order valence-electron chi connectivity index (χ2n) is 6.73. The number of nitrogens with zero attached hydrogens (tertiary/aromatic N) is 2. The average molecular weight is 391 g/mol. The van der Waals surface area contributed by atoms with Gasteiger partial charge in [0.25, 0.3) is 0 Å². The molecule has 146 valence electrons. The molecular weight excluding hydrogens is 364 g/mol. The molecule has 1 heterocycles. The molecule has 2 aromatic rings. The molecule has 1 aliphatic heterocycles. The minimum atomic E-state index is -3.59. The number of ether oxygens (including phenoxy) is 2. The molecule has 7 heteroatoms. The van der Waals surface area contributed by atoms with Gasteiger partial charge in [0.2, 0.25) is 10.0 Å². The molecule has 6 nitrogen and oxygen atoms in total. The summed E-state index contributed by atoms with van der Waals surface area (Å²) in [6, 6.07) is 12.8. The molecule has 0 bridgehead atoms. The summed E-state index contributed by atoms with van der Waals surface area (Å²) >= 11 is 0. The van der Waals surface area contributed by atoms with E-state index in [4.69, 9.17) is 9.47 Å². The van der Waals surface area contributed by atoms with E-state index in [1.165, 1.54) is 0 Å². The molecule has 0 N–H and O–H groups in total. The van der Waals surface area contributed by atoms with E-state index in [0.717, 1.165) is 11.3 Å². The van der Waals surface area contributed by atoms with E-state index in [1.54, 1.807) is 43.6 Å². The molecule has 0 saturated carbocycles. The Bertz CT molecular complexity index is 914. The highest BCUT2D eigenvalue weighted by molar-refractivity contribution is 7.89. The zero-order valence-corrected chi connectivity index (χ0v) is 17.0. The van der Waals surface area contributed by atoms with Crippen LogP contribution < -0.4 is 9.47 Å². The lowest BCUT2D eigenvalue weighted by Crippen LogP contribution is -2.49. The number of para-hydroxylation sites is 1. The van der Waals surface area contributed by atoms with Crippen LogP contribution in [0.5, 0.6) is 11.5 Å². The van der Waals surface area contributed by atoms with Crippen LogP contribution in [0.4, 0.5) is 0 Å². The van der Waals surface area contributed by atoms with Gasteiger partial charge < -0.3 is 9.47 Å². The lowest BCUT2D eigenvalue weighted by atomic mass is 10.0. The number of rotatable bonds is 5. The van der Waals surface area contributed by atoms with Gasteiger partial charge in [-0.05, 0) is 43.8 Å². The standard InChI is InChI=1S/C20H26N2O4S/c1-15-13-16(25-3)9-10-20(15)27(23,24)22-12-11-21(2)18(14-22)17-7-5-6-8-19(17)26-4/h5-10,13,18H,11-12,14H2,1-4H3. The molecular formula is C20H26N2O4S. The molecule has 0 aliphatic carbocycles. The van der Waals surface area contributed by atoms with Crippen molar-refractivity contribution in [2.75, 3.05) is 40.9 Å². The highest BCUT2D eigenvalue weighted by atomic mass is 32.2. The molecule has 0 amide bonds.